The fourth-order valence-electron chi connectivity index (χ4n) is 1.43. The van der Waals surface area contributed by atoms with E-state index >= 15 is 0 Å². The molecule has 0 amide bonds. The first-order chi connectivity index (χ1) is 8.11. The summed E-state index contributed by atoms with van der Waals surface area (Å²) in [6.07, 6.45) is 2.20. The van der Waals surface area contributed by atoms with Crippen LogP contribution < -0.4 is 5.73 Å². The number of benzene rings is 1. The first kappa shape index (κ1) is 11.7. The summed E-state index contributed by atoms with van der Waals surface area (Å²) < 4.78 is 27.7. The Bertz CT molecular complexity index is 524. The lowest BCUT2D eigenvalue weighted by Crippen LogP contribution is -2.08. The lowest BCUT2D eigenvalue weighted by Gasteiger charge is -2.03. The van der Waals surface area contributed by atoms with E-state index in [1.807, 2.05) is 6.92 Å². The second-order valence-electron chi connectivity index (χ2n) is 3.70. The van der Waals surface area contributed by atoms with Crippen LogP contribution in [0.15, 0.2) is 24.4 Å². The third-order valence-electron chi connectivity index (χ3n) is 2.49. The van der Waals surface area contributed by atoms with Crippen LogP contribution in [-0.4, -0.2) is 15.0 Å². The van der Waals surface area contributed by atoms with Crippen molar-refractivity contribution in [2.45, 2.75) is 19.4 Å². The molecule has 0 radical (unpaired) electrons. The summed E-state index contributed by atoms with van der Waals surface area (Å²) in [4.78, 5) is 0. The lowest BCUT2D eigenvalue weighted by molar-refractivity contribution is 0.584. The number of halogens is 2. The minimum atomic E-state index is -0.562. The van der Waals surface area contributed by atoms with Gasteiger partial charge in [0.05, 0.1) is 17.9 Å². The average Bonchev–Trinajstić information content (AvgIpc) is 2.80. The minimum absolute atomic E-state index is 0.0204. The zero-order chi connectivity index (χ0) is 12.4. The van der Waals surface area contributed by atoms with Gasteiger partial charge in [0.25, 0.3) is 0 Å². The molecule has 0 aliphatic carbocycles. The summed E-state index contributed by atoms with van der Waals surface area (Å²) >= 11 is 0. The molecule has 2 aromatic rings. The SMILES string of the molecule is CCC(N)c1cn(-c2cc(F)ccc2F)nn1. The zero-order valence-corrected chi connectivity index (χ0v) is 9.27. The van der Waals surface area contributed by atoms with E-state index in [9.17, 15) is 8.78 Å². The van der Waals surface area contributed by atoms with Crippen molar-refractivity contribution in [1.82, 2.24) is 15.0 Å². The van der Waals surface area contributed by atoms with E-state index in [-0.39, 0.29) is 11.7 Å². The summed E-state index contributed by atoms with van der Waals surface area (Å²) in [7, 11) is 0. The van der Waals surface area contributed by atoms with Crippen LogP contribution in [0, 0.1) is 11.6 Å². The highest BCUT2D eigenvalue weighted by atomic mass is 19.1. The Morgan fingerprint density at radius 1 is 1.41 bits per heavy atom. The van der Waals surface area contributed by atoms with Gasteiger partial charge in [-0.15, -0.1) is 5.10 Å². The number of rotatable bonds is 3. The molecule has 0 aliphatic heterocycles. The summed E-state index contributed by atoms with van der Waals surface area (Å²) in [6, 6.07) is 2.91. The molecule has 0 saturated carbocycles. The smallest absolute Gasteiger partial charge is 0.149 e. The van der Waals surface area contributed by atoms with E-state index in [2.05, 4.69) is 10.3 Å². The Hall–Kier alpha value is -1.82. The van der Waals surface area contributed by atoms with E-state index in [1.165, 1.54) is 10.9 Å². The fraction of sp³-hybridized carbons (Fsp3) is 0.273. The largest absolute Gasteiger partial charge is 0.323 e. The van der Waals surface area contributed by atoms with Crippen molar-refractivity contribution >= 4 is 0 Å². The van der Waals surface area contributed by atoms with Crippen LogP contribution in [0.25, 0.3) is 5.69 Å². The molecule has 0 spiro atoms. The molecule has 17 heavy (non-hydrogen) atoms. The molecule has 0 fully saturated rings. The normalized spacial score (nSPS) is 12.7. The molecular weight excluding hydrogens is 226 g/mol. The van der Waals surface area contributed by atoms with Gasteiger partial charge in [-0.1, -0.05) is 12.1 Å². The van der Waals surface area contributed by atoms with E-state index in [0.717, 1.165) is 18.2 Å². The maximum absolute atomic E-state index is 13.5. The summed E-state index contributed by atoms with van der Waals surface area (Å²) in [5.74, 6) is -1.09. The van der Waals surface area contributed by atoms with Gasteiger partial charge in [-0.3, -0.25) is 0 Å². The van der Waals surface area contributed by atoms with Gasteiger partial charge in [0, 0.05) is 6.07 Å². The average molecular weight is 238 g/mol. The molecule has 2 rings (SSSR count). The van der Waals surface area contributed by atoms with Gasteiger partial charge in [-0.05, 0) is 18.6 Å². The molecule has 90 valence electrons. The molecule has 0 aliphatic rings. The van der Waals surface area contributed by atoms with Gasteiger partial charge in [-0.25, -0.2) is 13.5 Å². The highest BCUT2D eigenvalue weighted by Crippen LogP contribution is 2.16. The van der Waals surface area contributed by atoms with Crippen LogP contribution in [0.1, 0.15) is 25.1 Å². The summed E-state index contributed by atoms with van der Waals surface area (Å²) in [5, 5.41) is 7.57. The topological polar surface area (TPSA) is 56.7 Å². The van der Waals surface area contributed by atoms with Crippen molar-refractivity contribution < 1.29 is 8.78 Å². The quantitative estimate of drug-likeness (QED) is 0.889. The van der Waals surface area contributed by atoms with Gasteiger partial charge >= 0.3 is 0 Å². The maximum Gasteiger partial charge on any atom is 0.149 e. The molecule has 2 N–H and O–H groups in total. The fourth-order valence-corrected chi connectivity index (χ4v) is 1.43. The highest BCUT2D eigenvalue weighted by Gasteiger charge is 2.12. The Morgan fingerprint density at radius 3 is 2.88 bits per heavy atom. The van der Waals surface area contributed by atoms with Crippen LogP contribution in [-0.2, 0) is 0 Å². The number of hydrogen-bond acceptors (Lipinski definition) is 3. The first-order valence-electron chi connectivity index (χ1n) is 5.25. The first-order valence-corrected chi connectivity index (χ1v) is 5.25. The Morgan fingerprint density at radius 2 is 2.18 bits per heavy atom. The molecule has 0 bridgehead atoms. The van der Waals surface area contributed by atoms with Crippen LogP contribution in [0.2, 0.25) is 0 Å². The third-order valence-corrected chi connectivity index (χ3v) is 2.49. The van der Waals surface area contributed by atoms with Gasteiger partial charge < -0.3 is 5.73 Å². The number of nitrogens with zero attached hydrogens (tertiary/aromatic N) is 3. The van der Waals surface area contributed by atoms with Gasteiger partial charge in [0.2, 0.25) is 0 Å². The molecule has 4 nitrogen and oxygen atoms in total. The Kier molecular flexibility index (Phi) is 3.14. The standard InChI is InChI=1S/C11H12F2N4/c1-2-9(14)10-6-17(16-15-10)11-5-7(12)3-4-8(11)13/h3-6,9H,2,14H2,1H3. The molecule has 6 heteroatoms. The molecule has 1 aromatic heterocycles. The summed E-state index contributed by atoms with van der Waals surface area (Å²) in [5.41, 5.74) is 6.34. The van der Waals surface area contributed by atoms with Crippen LogP contribution in [0.3, 0.4) is 0 Å². The van der Waals surface area contributed by atoms with Crippen molar-refractivity contribution in [2.75, 3.05) is 0 Å². The highest BCUT2D eigenvalue weighted by molar-refractivity contribution is 5.33. The molecule has 1 aromatic carbocycles. The molecule has 1 heterocycles. The second kappa shape index (κ2) is 4.58. The third kappa shape index (κ3) is 2.31. The van der Waals surface area contributed by atoms with E-state index < -0.39 is 11.6 Å². The van der Waals surface area contributed by atoms with Gasteiger partial charge in [0.15, 0.2) is 0 Å². The van der Waals surface area contributed by atoms with E-state index in [0.29, 0.717) is 12.1 Å². The minimum Gasteiger partial charge on any atom is -0.323 e. The number of nitrogens with two attached hydrogens (primary N) is 1. The van der Waals surface area contributed by atoms with Crippen molar-refractivity contribution in [2.24, 2.45) is 5.73 Å². The van der Waals surface area contributed by atoms with Crippen molar-refractivity contribution in [3.05, 3.63) is 41.7 Å². The van der Waals surface area contributed by atoms with E-state index in [4.69, 9.17) is 5.73 Å². The number of hydrogen-bond donors (Lipinski definition) is 1. The number of aromatic nitrogens is 3. The van der Waals surface area contributed by atoms with Gasteiger partial charge in [0.1, 0.15) is 17.3 Å². The predicted octanol–water partition coefficient (Wildman–Crippen LogP) is 1.96. The molecule has 1 atom stereocenters. The van der Waals surface area contributed by atoms with Crippen LogP contribution >= 0.6 is 0 Å². The molecular formula is C11H12F2N4. The van der Waals surface area contributed by atoms with Crippen LogP contribution in [0.4, 0.5) is 8.78 Å². The molecule has 0 saturated heterocycles. The maximum atomic E-state index is 13.5. The zero-order valence-electron chi connectivity index (χ0n) is 9.27. The molecule has 1 unspecified atom stereocenters. The van der Waals surface area contributed by atoms with E-state index in [1.54, 1.807) is 0 Å². The van der Waals surface area contributed by atoms with Crippen molar-refractivity contribution in [3.63, 3.8) is 0 Å². The second-order valence-corrected chi connectivity index (χ2v) is 3.70. The monoisotopic (exact) mass is 238 g/mol. The Balaban J connectivity index is 2.40. The predicted molar refractivity (Wildman–Crippen MR) is 58.5 cm³/mol. The Labute approximate surface area is 97.0 Å². The summed E-state index contributed by atoms with van der Waals surface area (Å²) in [6.45, 7) is 1.91. The van der Waals surface area contributed by atoms with Gasteiger partial charge in [-0.2, -0.15) is 0 Å². The van der Waals surface area contributed by atoms with Crippen molar-refractivity contribution in [3.8, 4) is 5.69 Å². The van der Waals surface area contributed by atoms with Crippen LogP contribution in [0.5, 0.6) is 0 Å². The van der Waals surface area contributed by atoms with Crippen molar-refractivity contribution in [1.29, 1.82) is 0 Å². The lowest BCUT2D eigenvalue weighted by atomic mass is 10.2.